The Morgan fingerprint density at radius 2 is 1.93 bits per heavy atom. The van der Waals surface area contributed by atoms with E-state index in [0.717, 1.165) is 40.4 Å². The summed E-state index contributed by atoms with van der Waals surface area (Å²) in [6.07, 6.45) is -3.10. The van der Waals surface area contributed by atoms with Crippen molar-refractivity contribution in [2.75, 3.05) is 17.8 Å². The molecule has 1 heterocycles. The van der Waals surface area contributed by atoms with Gasteiger partial charge in [0.1, 0.15) is 5.75 Å². The van der Waals surface area contributed by atoms with Crippen molar-refractivity contribution in [2.24, 2.45) is 10.2 Å². The van der Waals surface area contributed by atoms with Crippen LogP contribution in [-0.2, 0) is 11.0 Å². The number of carbonyl (C=O) groups excluding carboxylic acids is 1. The molecule has 0 aromatic heterocycles. The quantitative estimate of drug-likeness (QED) is 0.518. The van der Waals surface area contributed by atoms with E-state index >= 15 is 0 Å². The first-order valence-corrected chi connectivity index (χ1v) is 9.23. The lowest BCUT2D eigenvalue weighted by molar-refractivity contribution is -0.137. The van der Waals surface area contributed by atoms with Crippen LogP contribution >= 0.6 is 23.4 Å². The fourth-order valence-electron chi connectivity index (χ4n) is 2.37. The first-order valence-electron chi connectivity index (χ1n) is 7.87. The Labute approximate surface area is 167 Å². The van der Waals surface area contributed by atoms with Crippen LogP contribution in [0.4, 0.5) is 18.9 Å². The molecule has 28 heavy (non-hydrogen) atoms. The molecule has 1 fully saturated rings. The molecule has 1 aliphatic heterocycles. The van der Waals surface area contributed by atoms with E-state index < -0.39 is 17.6 Å². The number of hydrogen-bond acceptors (Lipinski definition) is 5. The van der Waals surface area contributed by atoms with E-state index in [1.807, 2.05) is 0 Å². The highest BCUT2D eigenvalue weighted by Gasteiger charge is 2.35. The van der Waals surface area contributed by atoms with Crippen LogP contribution in [-0.4, -0.2) is 30.2 Å². The molecule has 0 saturated carbocycles. The largest absolute Gasteiger partial charge is 0.497 e. The van der Waals surface area contributed by atoms with Crippen molar-refractivity contribution < 1.29 is 22.7 Å². The van der Waals surface area contributed by atoms with Gasteiger partial charge in [-0.2, -0.15) is 18.3 Å². The summed E-state index contributed by atoms with van der Waals surface area (Å²) in [5.41, 5.74) is -0.245. The maximum atomic E-state index is 13.0. The van der Waals surface area contributed by atoms with E-state index in [0.29, 0.717) is 5.75 Å². The molecule has 0 spiro atoms. The monoisotopic (exact) mass is 427 g/mol. The Balaban J connectivity index is 1.89. The normalized spacial score (nSPS) is 16.4. The zero-order valence-electron chi connectivity index (χ0n) is 14.4. The van der Waals surface area contributed by atoms with Crippen molar-refractivity contribution in [2.45, 2.75) is 6.18 Å². The van der Waals surface area contributed by atoms with Gasteiger partial charge >= 0.3 is 6.18 Å². The highest BCUT2D eigenvalue weighted by Crippen LogP contribution is 2.38. The lowest BCUT2D eigenvalue weighted by Crippen LogP contribution is -2.29. The number of amides is 1. The van der Waals surface area contributed by atoms with Crippen LogP contribution in [0.25, 0.3) is 0 Å². The SMILES string of the molecule is COc1ccc(C=NN=C2SCC(=O)N2c2cc(C(F)(F)F)ccc2Cl)cc1. The average molecular weight is 428 g/mol. The number of benzene rings is 2. The van der Waals surface area contributed by atoms with Crippen molar-refractivity contribution in [1.29, 1.82) is 0 Å². The second-order valence-electron chi connectivity index (χ2n) is 5.58. The molecule has 10 heteroatoms. The molecule has 1 amide bonds. The highest BCUT2D eigenvalue weighted by atomic mass is 35.5. The number of nitrogens with zero attached hydrogens (tertiary/aromatic N) is 3. The van der Waals surface area contributed by atoms with Gasteiger partial charge in [-0.25, -0.2) is 0 Å². The van der Waals surface area contributed by atoms with Crippen LogP contribution in [0, 0.1) is 0 Å². The number of halogens is 4. The predicted molar refractivity (Wildman–Crippen MR) is 104 cm³/mol. The summed E-state index contributed by atoms with van der Waals surface area (Å²) in [6, 6.07) is 9.81. The molecule has 0 radical (unpaired) electrons. The molecule has 2 aromatic carbocycles. The number of hydrogen-bond donors (Lipinski definition) is 0. The predicted octanol–water partition coefficient (Wildman–Crippen LogP) is 4.84. The van der Waals surface area contributed by atoms with Crippen molar-refractivity contribution in [3.8, 4) is 5.75 Å². The highest BCUT2D eigenvalue weighted by molar-refractivity contribution is 8.15. The molecule has 5 nitrogen and oxygen atoms in total. The van der Waals surface area contributed by atoms with E-state index in [-0.39, 0.29) is 21.6 Å². The number of anilines is 1. The Bertz CT molecular complexity index is 946. The minimum absolute atomic E-state index is 0.00989. The smallest absolute Gasteiger partial charge is 0.416 e. The second-order valence-corrected chi connectivity index (χ2v) is 6.93. The van der Waals surface area contributed by atoms with Gasteiger partial charge < -0.3 is 4.74 Å². The third-order valence-electron chi connectivity index (χ3n) is 3.75. The number of rotatable bonds is 4. The number of alkyl halides is 3. The summed E-state index contributed by atoms with van der Waals surface area (Å²) in [5, 5.41) is 8.08. The number of ether oxygens (including phenoxy) is 1. The maximum absolute atomic E-state index is 13.0. The number of carbonyl (C=O) groups is 1. The van der Waals surface area contributed by atoms with Gasteiger partial charge in [0.15, 0.2) is 5.17 Å². The van der Waals surface area contributed by atoms with Crippen molar-refractivity contribution in [3.63, 3.8) is 0 Å². The summed E-state index contributed by atoms with van der Waals surface area (Å²) in [5.74, 6) is 0.291. The Hall–Kier alpha value is -2.52. The molecule has 0 N–H and O–H groups in total. The zero-order valence-corrected chi connectivity index (χ0v) is 16.0. The van der Waals surface area contributed by atoms with Crippen LogP contribution in [0.15, 0.2) is 52.7 Å². The third-order valence-corrected chi connectivity index (χ3v) is 4.98. The molecule has 3 rings (SSSR count). The summed E-state index contributed by atoms with van der Waals surface area (Å²) in [4.78, 5) is 13.3. The van der Waals surface area contributed by atoms with Crippen molar-refractivity contribution in [1.82, 2.24) is 0 Å². The van der Waals surface area contributed by atoms with Crippen LogP contribution < -0.4 is 9.64 Å². The van der Waals surface area contributed by atoms with E-state index in [1.54, 1.807) is 31.4 Å². The van der Waals surface area contributed by atoms with Gasteiger partial charge in [-0.05, 0) is 48.0 Å². The standard InChI is InChI=1S/C18H13ClF3N3O2S/c1-27-13-5-2-11(3-6-13)9-23-24-17-25(16(26)10-28-17)15-8-12(18(20,21)22)4-7-14(15)19/h2-9H,10H2,1H3. The summed E-state index contributed by atoms with van der Waals surface area (Å²) in [6.45, 7) is 0. The van der Waals surface area contributed by atoms with Crippen LogP contribution in [0.3, 0.4) is 0 Å². The minimum Gasteiger partial charge on any atom is -0.497 e. The van der Waals surface area contributed by atoms with Gasteiger partial charge in [-0.1, -0.05) is 23.4 Å². The van der Waals surface area contributed by atoms with Gasteiger partial charge in [-0.15, -0.1) is 5.10 Å². The zero-order chi connectivity index (χ0) is 20.3. The van der Waals surface area contributed by atoms with Crippen LogP contribution in [0.2, 0.25) is 5.02 Å². The Kier molecular flexibility index (Phi) is 5.95. The lowest BCUT2D eigenvalue weighted by atomic mass is 10.2. The summed E-state index contributed by atoms with van der Waals surface area (Å²) < 4.78 is 44.1. The van der Waals surface area contributed by atoms with Gasteiger partial charge in [-0.3, -0.25) is 9.69 Å². The average Bonchev–Trinajstić information content (AvgIpc) is 3.02. The molecule has 0 bridgehead atoms. The molecule has 0 unspecified atom stereocenters. The molecule has 0 atom stereocenters. The lowest BCUT2D eigenvalue weighted by Gasteiger charge is -2.18. The Morgan fingerprint density at radius 1 is 1.21 bits per heavy atom. The first-order chi connectivity index (χ1) is 13.3. The molecule has 0 aliphatic carbocycles. The van der Waals surface area contributed by atoms with Gasteiger partial charge in [0.2, 0.25) is 5.91 Å². The van der Waals surface area contributed by atoms with Gasteiger partial charge in [0.25, 0.3) is 0 Å². The third kappa shape index (κ3) is 4.48. The van der Waals surface area contributed by atoms with Crippen molar-refractivity contribution in [3.05, 3.63) is 58.6 Å². The molecular weight excluding hydrogens is 415 g/mol. The van der Waals surface area contributed by atoms with E-state index in [1.165, 1.54) is 6.21 Å². The minimum atomic E-state index is -4.56. The van der Waals surface area contributed by atoms with E-state index in [9.17, 15) is 18.0 Å². The summed E-state index contributed by atoms with van der Waals surface area (Å²) >= 11 is 7.11. The fraction of sp³-hybridized carbons (Fsp3) is 0.167. The van der Waals surface area contributed by atoms with Crippen LogP contribution in [0.1, 0.15) is 11.1 Å². The topological polar surface area (TPSA) is 54.3 Å². The maximum Gasteiger partial charge on any atom is 0.416 e. The van der Waals surface area contributed by atoms with Gasteiger partial charge in [0, 0.05) is 0 Å². The van der Waals surface area contributed by atoms with E-state index in [2.05, 4.69) is 10.2 Å². The second kappa shape index (κ2) is 8.24. The van der Waals surface area contributed by atoms with Crippen LogP contribution in [0.5, 0.6) is 5.75 Å². The first kappa shape index (κ1) is 20.2. The number of thioether (sulfide) groups is 1. The molecule has 1 aliphatic rings. The van der Waals surface area contributed by atoms with E-state index in [4.69, 9.17) is 16.3 Å². The number of methoxy groups -OCH3 is 1. The van der Waals surface area contributed by atoms with Crippen molar-refractivity contribution >= 4 is 46.3 Å². The molecule has 146 valence electrons. The molecular formula is C18H13ClF3N3O2S. The summed E-state index contributed by atoms with van der Waals surface area (Å²) in [7, 11) is 1.55. The Morgan fingerprint density at radius 3 is 2.57 bits per heavy atom. The molecule has 1 saturated heterocycles. The number of amidine groups is 1. The fourth-order valence-corrected chi connectivity index (χ4v) is 3.39. The van der Waals surface area contributed by atoms with Gasteiger partial charge in [0.05, 0.1) is 35.4 Å². The molecule has 2 aromatic rings.